The molecule has 0 atom stereocenters. The Morgan fingerprint density at radius 2 is 2.42 bits per heavy atom. The van der Waals surface area contributed by atoms with Crippen LogP contribution in [0.5, 0.6) is 5.88 Å². The predicted octanol–water partition coefficient (Wildman–Crippen LogP) is 1.10. The number of aliphatic hydroxyl groups is 1. The number of methoxy groups -OCH3 is 1. The van der Waals surface area contributed by atoms with E-state index >= 15 is 0 Å². The molecule has 0 saturated heterocycles. The van der Waals surface area contributed by atoms with E-state index in [-0.39, 0.29) is 6.61 Å². The average molecular weight is 165 g/mol. The molecule has 1 aromatic rings. The molecule has 0 aromatic carbocycles. The number of rotatable bonds is 3. The van der Waals surface area contributed by atoms with Gasteiger partial charge in [0.2, 0.25) is 5.88 Å². The van der Waals surface area contributed by atoms with Gasteiger partial charge >= 0.3 is 0 Å². The molecule has 3 heteroatoms. The van der Waals surface area contributed by atoms with Crippen LogP contribution in [-0.4, -0.2) is 23.8 Å². The van der Waals surface area contributed by atoms with Gasteiger partial charge in [0.1, 0.15) is 0 Å². The minimum absolute atomic E-state index is 0.0476. The summed E-state index contributed by atoms with van der Waals surface area (Å²) in [5.74, 6) is 0.594. The Labute approximate surface area is 71.3 Å². The quantitative estimate of drug-likeness (QED) is 0.729. The third-order valence-corrected chi connectivity index (χ3v) is 1.38. The van der Waals surface area contributed by atoms with Crippen molar-refractivity contribution >= 4 is 6.08 Å². The Bertz CT molecular complexity index is 254. The highest BCUT2D eigenvalue weighted by Gasteiger charge is 1.90. The number of aromatic nitrogens is 1. The first-order chi connectivity index (χ1) is 5.86. The molecule has 0 aliphatic heterocycles. The SMILES string of the molecule is COc1ccc(C=CCO)cn1. The second-order valence-electron chi connectivity index (χ2n) is 2.22. The second kappa shape index (κ2) is 4.51. The minimum Gasteiger partial charge on any atom is -0.481 e. The maximum atomic E-state index is 8.50. The molecule has 1 aromatic heterocycles. The van der Waals surface area contributed by atoms with E-state index in [4.69, 9.17) is 9.84 Å². The van der Waals surface area contributed by atoms with Crippen molar-refractivity contribution in [3.05, 3.63) is 30.0 Å². The zero-order valence-corrected chi connectivity index (χ0v) is 6.90. The van der Waals surface area contributed by atoms with E-state index in [0.717, 1.165) is 5.56 Å². The molecule has 0 spiro atoms. The van der Waals surface area contributed by atoms with Gasteiger partial charge in [-0.25, -0.2) is 4.98 Å². The van der Waals surface area contributed by atoms with Gasteiger partial charge in [0.15, 0.2) is 0 Å². The number of ether oxygens (including phenoxy) is 1. The molecule has 1 rings (SSSR count). The van der Waals surface area contributed by atoms with E-state index in [9.17, 15) is 0 Å². The first-order valence-electron chi connectivity index (χ1n) is 3.64. The van der Waals surface area contributed by atoms with Gasteiger partial charge in [-0.15, -0.1) is 0 Å². The molecule has 0 unspecified atom stereocenters. The molecular formula is C9H11NO2. The largest absolute Gasteiger partial charge is 0.481 e. The molecule has 0 saturated carbocycles. The molecule has 3 nitrogen and oxygen atoms in total. The molecule has 1 N–H and O–H groups in total. The van der Waals surface area contributed by atoms with Crippen molar-refractivity contribution in [2.24, 2.45) is 0 Å². The third-order valence-electron chi connectivity index (χ3n) is 1.38. The monoisotopic (exact) mass is 165 g/mol. The summed E-state index contributed by atoms with van der Waals surface area (Å²) in [4.78, 5) is 3.99. The molecule has 0 fully saturated rings. The topological polar surface area (TPSA) is 42.4 Å². The second-order valence-corrected chi connectivity index (χ2v) is 2.22. The van der Waals surface area contributed by atoms with Gasteiger partial charge in [-0.3, -0.25) is 0 Å². The first-order valence-corrected chi connectivity index (χ1v) is 3.64. The molecule has 0 bridgehead atoms. The van der Waals surface area contributed by atoms with Gasteiger partial charge in [0.25, 0.3) is 0 Å². The molecule has 64 valence electrons. The van der Waals surface area contributed by atoms with Crippen molar-refractivity contribution in [2.45, 2.75) is 0 Å². The summed E-state index contributed by atoms with van der Waals surface area (Å²) in [6, 6.07) is 3.65. The normalized spacial score (nSPS) is 10.5. The van der Waals surface area contributed by atoms with E-state index in [0.29, 0.717) is 5.88 Å². The number of aliphatic hydroxyl groups excluding tert-OH is 1. The molecule has 0 amide bonds. The van der Waals surface area contributed by atoms with Crippen LogP contribution in [0.1, 0.15) is 5.56 Å². The summed E-state index contributed by atoms with van der Waals surface area (Å²) in [5.41, 5.74) is 0.949. The minimum atomic E-state index is 0.0476. The maximum Gasteiger partial charge on any atom is 0.212 e. The maximum absolute atomic E-state index is 8.50. The average Bonchev–Trinajstić information content (AvgIpc) is 2.15. The van der Waals surface area contributed by atoms with Crippen LogP contribution in [-0.2, 0) is 0 Å². The van der Waals surface area contributed by atoms with Crippen LogP contribution in [0.25, 0.3) is 6.08 Å². The fourth-order valence-electron chi connectivity index (χ4n) is 0.800. The Hall–Kier alpha value is -1.35. The van der Waals surface area contributed by atoms with Gasteiger partial charge in [-0.1, -0.05) is 12.2 Å². The van der Waals surface area contributed by atoms with E-state index in [1.54, 1.807) is 31.5 Å². The zero-order chi connectivity index (χ0) is 8.81. The van der Waals surface area contributed by atoms with Crippen molar-refractivity contribution in [3.8, 4) is 5.88 Å². The van der Waals surface area contributed by atoms with Crippen LogP contribution in [0.4, 0.5) is 0 Å². The van der Waals surface area contributed by atoms with Crippen molar-refractivity contribution in [1.29, 1.82) is 0 Å². The van der Waals surface area contributed by atoms with E-state index in [1.807, 2.05) is 6.07 Å². The summed E-state index contributed by atoms with van der Waals surface area (Å²) in [5, 5.41) is 8.50. The molecule has 0 aliphatic carbocycles. The fraction of sp³-hybridized carbons (Fsp3) is 0.222. The van der Waals surface area contributed by atoms with E-state index in [2.05, 4.69) is 4.98 Å². The first kappa shape index (κ1) is 8.74. The highest BCUT2D eigenvalue weighted by Crippen LogP contribution is 2.07. The smallest absolute Gasteiger partial charge is 0.212 e. The highest BCUT2D eigenvalue weighted by atomic mass is 16.5. The Kier molecular flexibility index (Phi) is 3.29. The summed E-state index contributed by atoms with van der Waals surface area (Å²) in [7, 11) is 1.57. The van der Waals surface area contributed by atoms with Crippen LogP contribution in [0.2, 0.25) is 0 Å². The van der Waals surface area contributed by atoms with Crippen LogP contribution in [0.3, 0.4) is 0 Å². The summed E-state index contributed by atoms with van der Waals surface area (Å²) >= 11 is 0. The predicted molar refractivity (Wildman–Crippen MR) is 46.9 cm³/mol. The van der Waals surface area contributed by atoms with Crippen molar-refractivity contribution < 1.29 is 9.84 Å². The lowest BCUT2D eigenvalue weighted by Gasteiger charge is -1.97. The fourth-order valence-corrected chi connectivity index (χ4v) is 0.800. The molecule has 0 radical (unpaired) electrons. The van der Waals surface area contributed by atoms with Crippen LogP contribution in [0, 0.1) is 0 Å². The Morgan fingerprint density at radius 1 is 1.58 bits per heavy atom. The van der Waals surface area contributed by atoms with E-state index < -0.39 is 0 Å². The van der Waals surface area contributed by atoms with Gasteiger partial charge in [0.05, 0.1) is 13.7 Å². The standard InChI is InChI=1S/C9H11NO2/c1-12-9-5-4-8(7-10-9)3-2-6-11/h2-5,7,11H,6H2,1H3. The Balaban J connectivity index is 2.71. The zero-order valence-electron chi connectivity index (χ0n) is 6.90. The Morgan fingerprint density at radius 3 is 2.92 bits per heavy atom. The van der Waals surface area contributed by atoms with Gasteiger partial charge < -0.3 is 9.84 Å². The van der Waals surface area contributed by atoms with Crippen LogP contribution >= 0.6 is 0 Å². The molecule has 12 heavy (non-hydrogen) atoms. The number of hydrogen-bond donors (Lipinski definition) is 1. The van der Waals surface area contributed by atoms with Crippen LogP contribution < -0.4 is 4.74 Å². The third kappa shape index (κ3) is 2.36. The molecular weight excluding hydrogens is 154 g/mol. The number of nitrogens with zero attached hydrogens (tertiary/aromatic N) is 1. The lowest BCUT2D eigenvalue weighted by atomic mass is 10.2. The van der Waals surface area contributed by atoms with Crippen LogP contribution in [0.15, 0.2) is 24.4 Å². The van der Waals surface area contributed by atoms with E-state index in [1.165, 1.54) is 0 Å². The van der Waals surface area contributed by atoms with Gasteiger partial charge in [-0.2, -0.15) is 0 Å². The lowest BCUT2D eigenvalue weighted by molar-refractivity contribution is 0.343. The molecule has 0 aliphatic rings. The molecule has 1 heterocycles. The van der Waals surface area contributed by atoms with Crippen molar-refractivity contribution in [1.82, 2.24) is 4.98 Å². The van der Waals surface area contributed by atoms with Gasteiger partial charge in [0, 0.05) is 12.3 Å². The summed E-state index contributed by atoms with van der Waals surface area (Å²) in [6.07, 6.45) is 5.14. The van der Waals surface area contributed by atoms with Gasteiger partial charge in [-0.05, 0) is 11.6 Å². The number of pyridine rings is 1. The summed E-state index contributed by atoms with van der Waals surface area (Å²) < 4.78 is 4.89. The lowest BCUT2D eigenvalue weighted by Crippen LogP contribution is -1.86. The number of hydrogen-bond acceptors (Lipinski definition) is 3. The van der Waals surface area contributed by atoms with Crippen molar-refractivity contribution in [3.63, 3.8) is 0 Å². The van der Waals surface area contributed by atoms with Crippen molar-refractivity contribution in [2.75, 3.05) is 13.7 Å². The highest BCUT2D eigenvalue weighted by molar-refractivity contribution is 5.48. The summed E-state index contributed by atoms with van der Waals surface area (Å²) in [6.45, 7) is 0.0476.